The molecule has 4 nitrogen and oxygen atoms in total. The van der Waals surface area contributed by atoms with Gasteiger partial charge in [0.2, 0.25) is 0 Å². The van der Waals surface area contributed by atoms with E-state index in [1.54, 1.807) is 7.11 Å². The van der Waals surface area contributed by atoms with Crippen LogP contribution in [0.3, 0.4) is 0 Å². The highest BCUT2D eigenvalue weighted by molar-refractivity contribution is 5.94. The maximum atomic E-state index is 12.3. The molecule has 0 aliphatic heterocycles. The molecule has 0 saturated carbocycles. The number of hydrogen-bond acceptors (Lipinski definition) is 3. The van der Waals surface area contributed by atoms with Gasteiger partial charge in [-0.2, -0.15) is 0 Å². The molecule has 4 heteroatoms. The monoisotopic (exact) mass is 355 g/mol. The third-order valence-corrected chi connectivity index (χ3v) is 4.07. The van der Waals surface area contributed by atoms with Crippen molar-refractivity contribution in [2.45, 2.75) is 52.4 Å². The Morgan fingerprint density at radius 1 is 0.962 bits per heavy atom. The van der Waals surface area contributed by atoms with Crippen LogP contribution in [0.2, 0.25) is 0 Å². The molecule has 2 rings (SSSR count). The lowest BCUT2D eigenvalue weighted by molar-refractivity contribution is 0.0938. The Morgan fingerprint density at radius 2 is 1.58 bits per heavy atom. The van der Waals surface area contributed by atoms with Crippen LogP contribution >= 0.6 is 0 Å². The smallest absolute Gasteiger partial charge is 0.251 e. The van der Waals surface area contributed by atoms with Crippen molar-refractivity contribution in [1.29, 1.82) is 0 Å². The summed E-state index contributed by atoms with van der Waals surface area (Å²) in [6, 6.07) is 15.8. The lowest BCUT2D eigenvalue weighted by atomic mass is 10.1. The Labute approximate surface area is 156 Å². The van der Waals surface area contributed by atoms with Gasteiger partial charge >= 0.3 is 0 Å². The van der Waals surface area contributed by atoms with Crippen molar-refractivity contribution in [1.82, 2.24) is 5.32 Å². The van der Waals surface area contributed by atoms with Crippen molar-refractivity contribution in [3.63, 3.8) is 0 Å². The molecule has 0 saturated heterocycles. The van der Waals surface area contributed by atoms with E-state index in [0.717, 1.165) is 24.2 Å². The molecule has 1 amide bonds. The summed E-state index contributed by atoms with van der Waals surface area (Å²) in [5.41, 5.74) is 2.97. The van der Waals surface area contributed by atoms with Gasteiger partial charge in [-0.1, -0.05) is 24.3 Å². The highest BCUT2D eigenvalue weighted by Gasteiger charge is 2.10. The average molecular weight is 355 g/mol. The first kappa shape index (κ1) is 20.0. The molecule has 1 N–H and O–H groups in total. The Balaban J connectivity index is 1.80. The van der Waals surface area contributed by atoms with Crippen molar-refractivity contribution in [2.24, 2.45) is 0 Å². The molecule has 0 aromatic heterocycles. The number of benzene rings is 2. The van der Waals surface area contributed by atoms with Crippen LogP contribution in [-0.2, 0) is 17.8 Å². The molecule has 1 unspecified atom stereocenters. The van der Waals surface area contributed by atoms with E-state index in [2.05, 4.69) is 17.4 Å². The summed E-state index contributed by atoms with van der Waals surface area (Å²) in [5, 5.41) is 3.06. The van der Waals surface area contributed by atoms with Crippen LogP contribution in [0.25, 0.3) is 0 Å². The van der Waals surface area contributed by atoms with Crippen LogP contribution < -0.4 is 10.1 Å². The van der Waals surface area contributed by atoms with Crippen molar-refractivity contribution in [2.75, 3.05) is 7.11 Å². The van der Waals surface area contributed by atoms with E-state index in [0.29, 0.717) is 12.2 Å². The van der Waals surface area contributed by atoms with Gasteiger partial charge in [0.15, 0.2) is 0 Å². The molecule has 1 atom stereocenters. The minimum absolute atomic E-state index is 0.0397. The zero-order valence-electron chi connectivity index (χ0n) is 16.1. The number of aryl methyl sites for hydroxylation is 1. The van der Waals surface area contributed by atoms with E-state index < -0.39 is 0 Å². The number of ether oxygens (including phenoxy) is 2. The Kier molecular flexibility index (Phi) is 7.67. The second-order valence-electron chi connectivity index (χ2n) is 6.85. The second kappa shape index (κ2) is 9.97. The van der Waals surface area contributed by atoms with Gasteiger partial charge in [0.25, 0.3) is 5.91 Å². The van der Waals surface area contributed by atoms with Crippen LogP contribution in [-0.4, -0.2) is 25.2 Å². The summed E-state index contributed by atoms with van der Waals surface area (Å²) in [6.45, 7) is 6.62. The maximum Gasteiger partial charge on any atom is 0.251 e. The van der Waals surface area contributed by atoms with Gasteiger partial charge in [0.05, 0.1) is 12.7 Å². The van der Waals surface area contributed by atoms with Gasteiger partial charge in [-0.25, -0.2) is 0 Å². The number of rotatable bonds is 9. The average Bonchev–Trinajstić information content (AvgIpc) is 2.61. The summed E-state index contributed by atoms with van der Waals surface area (Å²) < 4.78 is 10.7. The fourth-order valence-corrected chi connectivity index (χ4v) is 2.69. The fourth-order valence-electron chi connectivity index (χ4n) is 2.69. The lowest BCUT2D eigenvalue weighted by Gasteiger charge is -2.15. The molecule has 0 fully saturated rings. The molecule has 2 aromatic rings. The largest absolute Gasteiger partial charge is 0.491 e. The molecule has 26 heavy (non-hydrogen) atoms. The first-order chi connectivity index (χ1) is 12.5. The SMILES string of the molecule is COCc1ccc(C(=O)NC(C)CCc2ccc(OC(C)C)cc2)cc1. The highest BCUT2D eigenvalue weighted by Crippen LogP contribution is 2.15. The van der Waals surface area contributed by atoms with Crippen molar-refractivity contribution >= 4 is 5.91 Å². The summed E-state index contributed by atoms with van der Waals surface area (Å²) in [7, 11) is 1.66. The van der Waals surface area contributed by atoms with Gasteiger partial charge in [-0.15, -0.1) is 0 Å². The molecular weight excluding hydrogens is 326 g/mol. The molecule has 2 aromatic carbocycles. The molecule has 0 radical (unpaired) electrons. The number of amides is 1. The predicted molar refractivity (Wildman–Crippen MR) is 105 cm³/mol. The van der Waals surface area contributed by atoms with Crippen LogP contribution in [0.15, 0.2) is 48.5 Å². The van der Waals surface area contributed by atoms with E-state index in [-0.39, 0.29) is 18.1 Å². The molecular formula is C22H29NO3. The van der Waals surface area contributed by atoms with Crippen LogP contribution in [0, 0.1) is 0 Å². The second-order valence-corrected chi connectivity index (χ2v) is 6.85. The van der Waals surface area contributed by atoms with E-state index in [9.17, 15) is 4.79 Å². The fraction of sp³-hybridized carbons (Fsp3) is 0.409. The Bertz CT molecular complexity index is 678. The van der Waals surface area contributed by atoms with Crippen LogP contribution in [0.1, 0.15) is 48.7 Å². The maximum absolute atomic E-state index is 12.3. The highest BCUT2D eigenvalue weighted by atomic mass is 16.5. The number of nitrogens with one attached hydrogen (secondary N) is 1. The van der Waals surface area contributed by atoms with Gasteiger partial charge in [0, 0.05) is 18.7 Å². The minimum atomic E-state index is -0.0397. The normalized spacial score (nSPS) is 12.0. The van der Waals surface area contributed by atoms with Gasteiger partial charge < -0.3 is 14.8 Å². The minimum Gasteiger partial charge on any atom is -0.491 e. The topological polar surface area (TPSA) is 47.6 Å². The molecule has 140 valence electrons. The summed E-state index contributed by atoms with van der Waals surface area (Å²) in [6.07, 6.45) is 1.98. The third-order valence-electron chi connectivity index (χ3n) is 4.07. The standard InChI is InChI=1S/C22H29NO3/c1-16(2)26-21-13-9-18(10-14-21)6-5-17(3)23-22(24)20-11-7-19(8-12-20)15-25-4/h7-14,16-17H,5-6,15H2,1-4H3,(H,23,24). The number of carbonyl (C=O) groups is 1. The number of hydrogen-bond donors (Lipinski definition) is 1. The first-order valence-corrected chi connectivity index (χ1v) is 9.12. The molecule has 0 spiro atoms. The molecule has 0 bridgehead atoms. The van der Waals surface area contributed by atoms with Gasteiger partial charge in [0.1, 0.15) is 5.75 Å². The molecule has 0 heterocycles. The summed E-state index contributed by atoms with van der Waals surface area (Å²) in [4.78, 5) is 12.3. The molecule has 0 aliphatic rings. The number of methoxy groups -OCH3 is 1. The summed E-state index contributed by atoms with van der Waals surface area (Å²) in [5.74, 6) is 0.851. The van der Waals surface area contributed by atoms with E-state index in [1.165, 1.54) is 5.56 Å². The first-order valence-electron chi connectivity index (χ1n) is 9.12. The zero-order valence-corrected chi connectivity index (χ0v) is 16.1. The van der Waals surface area contributed by atoms with E-state index >= 15 is 0 Å². The Hall–Kier alpha value is -2.33. The zero-order chi connectivity index (χ0) is 18.9. The van der Waals surface area contributed by atoms with E-state index in [4.69, 9.17) is 9.47 Å². The van der Waals surface area contributed by atoms with E-state index in [1.807, 2.05) is 57.2 Å². The third kappa shape index (κ3) is 6.52. The lowest BCUT2D eigenvalue weighted by Crippen LogP contribution is -2.32. The Morgan fingerprint density at radius 3 is 2.15 bits per heavy atom. The van der Waals surface area contributed by atoms with Crippen molar-refractivity contribution in [3.05, 3.63) is 65.2 Å². The predicted octanol–water partition coefficient (Wildman–Crippen LogP) is 4.37. The summed E-state index contributed by atoms with van der Waals surface area (Å²) >= 11 is 0. The van der Waals surface area contributed by atoms with Crippen LogP contribution in [0.4, 0.5) is 0 Å². The van der Waals surface area contributed by atoms with Crippen LogP contribution in [0.5, 0.6) is 5.75 Å². The quantitative estimate of drug-likeness (QED) is 0.726. The van der Waals surface area contributed by atoms with Gasteiger partial charge in [-0.05, 0) is 69.0 Å². The van der Waals surface area contributed by atoms with Gasteiger partial charge in [-0.3, -0.25) is 4.79 Å². The van der Waals surface area contributed by atoms with Crippen molar-refractivity contribution in [3.8, 4) is 5.75 Å². The number of carbonyl (C=O) groups excluding carboxylic acids is 1. The van der Waals surface area contributed by atoms with Crippen molar-refractivity contribution < 1.29 is 14.3 Å². The molecule has 0 aliphatic carbocycles.